The number of methoxy groups -OCH3 is 1. The highest BCUT2D eigenvalue weighted by Crippen LogP contribution is 2.56. The van der Waals surface area contributed by atoms with Gasteiger partial charge in [-0.2, -0.15) is 13.2 Å². The van der Waals surface area contributed by atoms with Crippen molar-refractivity contribution in [2.45, 2.75) is 44.8 Å². The number of H-pyrrole nitrogens is 1. The number of aromatic nitrogens is 2. The lowest BCUT2D eigenvalue weighted by atomic mass is 10.2. The minimum atomic E-state index is -4.67. The zero-order chi connectivity index (χ0) is 22.0. The van der Waals surface area contributed by atoms with E-state index in [1.54, 1.807) is 13.8 Å². The molecule has 0 amide bonds. The van der Waals surface area contributed by atoms with Crippen LogP contribution in [0.5, 0.6) is 0 Å². The predicted molar refractivity (Wildman–Crippen MR) is 100 cm³/mol. The van der Waals surface area contributed by atoms with Gasteiger partial charge in [0.1, 0.15) is 5.78 Å². The van der Waals surface area contributed by atoms with Gasteiger partial charge in [0.05, 0.1) is 22.7 Å². The summed E-state index contributed by atoms with van der Waals surface area (Å²) in [7, 11) is -3.18. The molecule has 2 N–H and O–H groups in total. The standard InChI is InChI=1S/C17H22F3N2O6P/c1-4-10(2)28-29(25,26)14(7-8-27-3)22-13-6-5-11(17(18,19)20)9-12(13)21-15(23)16(22)24/h5-6,9-10,14H,4,7-8H2,1-3H3,(H,21,23)(H,25,26). The molecule has 8 nitrogen and oxygen atoms in total. The zero-order valence-electron chi connectivity index (χ0n) is 16.0. The molecule has 0 spiro atoms. The Bertz CT molecular complexity index is 1030. The third-order valence-electron chi connectivity index (χ3n) is 4.41. The molecule has 0 bridgehead atoms. The van der Waals surface area contributed by atoms with Crippen LogP contribution in [0.15, 0.2) is 27.8 Å². The first kappa shape index (κ1) is 23.3. The van der Waals surface area contributed by atoms with Crippen molar-refractivity contribution >= 4 is 18.6 Å². The number of aromatic amines is 1. The van der Waals surface area contributed by atoms with Crippen molar-refractivity contribution in [3.05, 3.63) is 44.5 Å². The Balaban J connectivity index is 2.76. The second-order valence-electron chi connectivity index (χ2n) is 6.51. The molecular weight excluding hydrogens is 416 g/mol. The van der Waals surface area contributed by atoms with Crippen LogP contribution >= 0.6 is 7.60 Å². The van der Waals surface area contributed by atoms with Crippen molar-refractivity contribution < 1.29 is 31.9 Å². The molecule has 1 aromatic heterocycles. The van der Waals surface area contributed by atoms with E-state index in [0.717, 1.165) is 16.7 Å². The van der Waals surface area contributed by atoms with Crippen LogP contribution in [0.4, 0.5) is 13.2 Å². The molecule has 2 aromatic rings. The number of alkyl halides is 3. The van der Waals surface area contributed by atoms with Gasteiger partial charge in [-0.25, -0.2) is 0 Å². The van der Waals surface area contributed by atoms with Crippen LogP contribution in [-0.2, 0) is 20.0 Å². The number of nitrogens with one attached hydrogen (secondary N) is 1. The Morgan fingerprint density at radius 2 is 1.97 bits per heavy atom. The highest BCUT2D eigenvalue weighted by Gasteiger charge is 2.38. The van der Waals surface area contributed by atoms with E-state index in [2.05, 4.69) is 4.98 Å². The molecule has 12 heteroatoms. The summed E-state index contributed by atoms with van der Waals surface area (Å²) in [6, 6.07) is 2.36. The molecule has 2 rings (SSSR count). The molecule has 0 fully saturated rings. The maximum atomic E-state index is 13.0. The lowest BCUT2D eigenvalue weighted by Gasteiger charge is -2.27. The van der Waals surface area contributed by atoms with Crippen LogP contribution in [0.1, 0.15) is 38.0 Å². The van der Waals surface area contributed by atoms with Crippen molar-refractivity contribution in [3.8, 4) is 0 Å². The maximum absolute atomic E-state index is 13.0. The number of fused-ring (bicyclic) bond motifs is 1. The van der Waals surface area contributed by atoms with Gasteiger partial charge < -0.3 is 19.1 Å². The molecule has 1 aromatic carbocycles. The van der Waals surface area contributed by atoms with Gasteiger partial charge >= 0.3 is 24.9 Å². The molecule has 1 heterocycles. The van der Waals surface area contributed by atoms with Gasteiger partial charge in [-0.1, -0.05) is 6.92 Å². The third-order valence-corrected chi connectivity index (χ3v) is 6.31. The van der Waals surface area contributed by atoms with Crippen LogP contribution in [-0.4, -0.2) is 34.3 Å². The van der Waals surface area contributed by atoms with Gasteiger partial charge in [0.15, 0.2) is 0 Å². The quantitative estimate of drug-likeness (QED) is 0.484. The fraction of sp³-hybridized carbons (Fsp3) is 0.529. The molecule has 0 aliphatic rings. The number of hydrogen-bond acceptors (Lipinski definition) is 5. The lowest BCUT2D eigenvalue weighted by Crippen LogP contribution is -2.39. The van der Waals surface area contributed by atoms with Crippen LogP contribution in [0, 0.1) is 0 Å². The summed E-state index contributed by atoms with van der Waals surface area (Å²) in [6.07, 6.45) is -5.08. The average molecular weight is 438 g/mol. The van der Waals surface area contributed by atoms with E-state index < -0.39 is 42.3 Å². The first-order valence-electron chi connectivity index (χ1n) is 8.78. The van der Waals surface area contributed by atoms with E-state index in [4.69, 9.17) is 9.26 Å². The van der Waals surface area contributed by atoms with E-state index in [0.29, 0.717) is 12.5 Å². The van der Waals surface area contributed by atoms with Crippen molar-refractivity contribution in [2.75, 3.05) is 13.7 Å². The number of nitrogens with zero attached hydrogens (tertiary/aromatic N) is 1. The maximum Gasteiger partial charge on any atom is 0.416 e. The summed E-state index contributed by atoms with van der Waals surface area (Å²) in [5.41, 5.74) is -3.87. The minimum Gasteiger partial charge on any atom is -0.385 e. The van der Waals surface area contributed by atoms with E-state index in [1.165, 1.54) is 7.11 Å². The fourth-order valence-corrected chi connectivity index (χ4v) is 4.54. The van der Waals surface area contributed by atoms with Crippen molar-refractivity contribution in [2.24, 2.45) is 0 Å². The highest BCUT2D eigenvalue weighted by molar-refractivity contribution is 7.52. The first-order valence-corrected chi connectivity index (χ1v) is 10.4. The van der Waals surface area contributed by atoms with Crippen molar-refractivity contribution in [1.29, 1.82) is 0 Å². The smallest absolute Gasteiger partial charge is 0.385 e. The topological polar surface area (TPSA) is 111 Å². The second kappa shape index (κ2) is 8.83. The van der Waals surface area contributed by atoms with Crippen molar-refractivity contribution in [3.63, 3.8) is 0 Å². The van der Waals surface area contributed by atoms with Crippen LogP contribution in [0.3, 0.4) is 0 Å². The van der Waals surface area contributed by atoms with E-state index in [-0.39, 0.29) is 24.1 Å². The Morgan fingerprint density at radius 1 is 1.31 bits per heavy atom. The van der Waals surface area contributed by atoms with Crippen LogP contribution in [0.2, 0.25) is 0 Å². The molecule has 0 radical (unpaired) electrons. The van der Waals surface area contributed by atoms with E-state index in [9.17, 15) is 32.2 Å². The Morgan fingerprint density at radius 3 is 2.52 bits per heavy atom. The third kappa shape index (κ3) is 5.16. The second-order valence-corrected chi connectivity index (χ2v) is 8.44. The number of rotatable bonds is 8. The van der Waals surface area contributed by atoms with Gasteiger partial charge in [0.2, 0.25) is 0 Å². The Labute approximate surface area is 163 Å². The predicted octanol–water partition coefficient (Wildman–Crippen LogP) is 3.24. The number of ether oxygens (including phenoxy) is 1. The summed E-state index contributed by atoms with van der Waals surface area (Å²) in [4.78, 5) is 37.3. The van der Waals surface area contributed by atoms with Crippen LogP contribution < -0.4 is 11.1 Å². The summed E-state index contributed by atoms with van der Waals surface area (Å²) in [6.45, 7) is 3.23. The summed E-state index contributed by atoms with van der Waals surface area (Å²) >= 11 is 0. The normalized spacial score (nSPS) is 16.5. The van der Waals surface area contributed by atoms with Gasteiger partial charge in [-0.05, 0) is 31.5 Å². The lowest BCUT2D eigenvalue weighted by molar-refractivity contribution is -0.137. The molecule has 0 aliphatic carbocycles. The Hall–Kier alpha value is -1.94. The van der Waals surface area contributed by atoms with Gasteiger partial charge in [0.25, 0.3) is 0 Å². The fourth-order valence-electron chi connectivity index (χ4n) is 2.78. The molecule has 0 saturated carbocycles. The molecule has 162 valence electrons. The van der Waals surface area contributed by atoms with Gasteiger partial charge in [-0.15, -0.1) is 0 Å². The summed E-state index contributed by atoms with van der Waals surface area (Å²) < 4.78 is 62.9. The van der Waals surface area contributed by atoms with E-state index >= 15 is 0 Å². The largest absolute Gasteiger partial charge is 0.416 e. The first-order chi connectivity index (χ1) is 13.4. The van der Waals surface area contributed by atoms with Gasteiger partial charge in [0, 0.05) is 20.1 Å². The Kier molecular flexibility index (Phi) is 7.10. The molecule has 0 saturated heterocycles. The minimum absolute atomic E-state index is 0.0551. The van der Waals surface area contributed by atoms with Crippen molar-refractivity contribution in [1.82, 2.24) is 9.55 Å². The highest BCUT2D eigenvalue weighted by atomic mass is 31.2. The van der Waals surface area contributed by atoms with Crippen LogP contribution in [0.25, 0.3) is 11.0 Å². The van der Waals surface area contributed by atoms with Gasteiger partial charge in [-0.3, -0.25) is 18.7 Å². The van der Waals surface area contributed by atoms with E-state index in [1.807, 2.05) is 0 Å². The molecule has 0 aliphatic heterocycles. The molecule has 3 atom stereocenters. The zero-order valence-corrected chi connectivity index (χ0v) is 16.9. The molecule has 29 heavy (non-hydrogen) atoms. The monoisotopic (exact) mass is 438 g/mol. The average Bonchev–Trinajstić information content (AvgIpc) is 2.62. The number of hydrogen-bond donors (Lipinski definition) is 2. The summed E-state index contributed by atoms with van der Waals surface area (Å²) in [5.74, 6) is -1.52. The summed E-state index contributed by atoms with van der Waals surface area (Å²) in [5, 5.41) is 0. The SMILES string of the molecule is CCC(C)OP(=O)(O)C(CCOC)n1c(=O)c(=O)[nH]c2cc(C(F)(F)F)ccc21. The molecular formula is C17H22F3N2O6P. The number of benzene rings is 1. The molecule has 3 unspecified atom stereocenters. The number of halogens is 3.